The van der Waals surface area contributed by atoms with Gasteiger partial charge in [0.2, 0.25) is 11.8 Å². The fourth-order valence-corrected chi connectivity index (χ4v) is 3.30. The van der Waals surface area contributed by atoms with Gasteiger partial charge in [-0.15, -0.1) is 0 Å². The van der Waals surface area contributed by atoms with Crippen molar-refractivity contribution in [3.8, 4) is 5.88 Å². The van der Waals surface area contributed by atoms with Crippen molar-refractivity contribution in [3.05, 3.63) is 36.4 Å². The van der Waals surface area contributed by atoms with E-state index in [1.54, 1.807) is 0 Å². The van der Waals surface area contributed by atoms with Gasteiger partial charge in [-0.3, -0.25) is 4.90 Å². The van der Waals surface area contributed by atoms with Gasteiger partial charge in [0.05, 0.1) is 17.5 Å². The molecule has 0 atom stereocenters. The molecule has 0 spiro atoms. The zero-order valence-electron chi connectivity index (χ0n) is 16.1. The molecule has 1 aromatic carbocycles. The van der Waals surface area contributed by atoms with E-state index in [1.807, 2.05) is 24.3 Å². The lowest BCUT2D eigenvalue weighted by molar-refractivity contribution is 0.275. The largest absolute Gasteiger partial charge is 0.477 e. The van der Waals surface area contributed by atoms with Gasteiger partial charge in [-0.25, -0.2) is 4.98 Å². The highest BCUT2D eigenvalue weighted by atomic mass is 16.5. The average Bonchev–Trinajstić information content (AvgIpc) is 2.65. The van der Waals surface area contributed by atoms with Gasteiger partial charge in [0.1, 0.15) is 0 Å². The first-order chi connectivity index (χ1) is 12.7. The molecule has 2 heterocycles. The molecule has 1 saturated heterocycles. The minimum absolute atomic E-state index is 0.709. The van der Waals surface area contributed by atoms with Crippen molar-refractivity contribution in [3.63, 3.8) is 0 Å². The smallest absolute Gasteiger partial charge is 0.229 e. The summed E-state index contributed by atoms with van der Waals surface area (Å²) in [6.45, 7) is 13.9. The first-order valence-electron chi connectivity index (χ1n) is 9.68. The molecule has 0 radical (unpaired) electrons. The van der Waals surface area contributed by atoms with Crippen LogP contribution in [-0.4, -0.2) is 54.2 Å². The van der Waals surface area contributed by atoms with E-state index in [9.17, 15) is 0 Å². The van der Waals surface area contributed by atoms with E-state index in [4.69, 9.17) is 14.7 Å². The van der Waals surface area contributed by atoms with Crippen LogP contribution in [0.25, 0.3) is 10.9 Å². The number of hydrogen-bond donors (Lipinski definition) is 0. The number of ether oxygens (including phenoxy) is 1. The minimum atomic E-state index is 0.709. The maximum absolute atomic E-state index is 6.03. The van der Waals surface area contributed by atoms with Gasteiger partial charge in [0.15, 0.2) is 0 Å². The van der Waals surface area contributed by atoms with Crippen molar-refractivity contribution in [1.29, 1.82) is 0 Å². The monoisotopic (exact) mass is 354 g/mol. The van der Waals surface area contributed by atoms with Crippen LogP contribution < -0.4 is 9.64 Å². The Bertz CT molecular complexity index is 738. The Morgan fingerprint density at radius 2 is 1.88 bits per heavy atom. The van der Waals surface area contributed by atoms with Crippen LogP contribution in [0.5, 0.6) is 5.88 Å². The normalized spacial score (nSPS) is 15.4. The summed E-state index contributed by atoms with van der Waals surface area (Å²) in [6, 6.07) is 8.11. The molecule has 0 amide bonds. The number of anilines is 1. The third kappa shape index (κ3) is 4.73. The van der Waals surface area contributed by atoms with Gasteiger partial charge >= 0.3 is 0 Å². The summed E-state index contributed by atoms with van der Waals surface area (Å²) in [4.78, 5) is 14.3. The zero-order valence-corrected chi connectivity index (χ0v) is 16.1. The van der Waals surface area contributed by atoms with Crippen LogP contribution in [0.15, 0.2) is 36.4 Å². The Morgan fingerprint density at radius 3 is 2.62 bits per heavy atom. The second-order valence-electron chi connectivity index (χ2n) is 7.12. The summed E-state index contributed by atoms with van der Waals surface area (Å²) in [5.74, 6) is 1.50. The van der Waals surface area contributed by atoms with Crippen LogP contribution in [0.3, 0.4) is 0 Å². The van der Waals surface area contributed by atoms with Gasteiger partial charge < -0.3 is 9.64 Å². The molecule has 1 aliphatic rings. The maximum Gasteiger partial charge on any atom is 0.229 e. The lowest BCUT2D eigenvalue weighted by Crippen LogP contribution is -2.47. The molecular weight excluding hydrogens is 324 g/mol. The molecule has 26 heavy (non-hydrogen) atoms. The first-order valence-corrected chi connectivity index (χ1v) is 9.68. The number of piperazine rings is 1. The molecular formula is C21H30N4O. The predicted molar refractivity (Wildman–Crippen MR) is 108 cm³/mol. The number of hydrogen-bond acceptors (Lipinski definition) is 5. The van der Waals surface area contributed by atoms with Crippen LogP contribution >= 0.6 is 0 Å². The number of benzene rings is 1. The molecule has 0 N–H and O–H groups in total. The Hall–Kier alpha value is -2.14. The lowest BCUT2D eigenvalue weighted by Gasteiger charge is -2.34. The Morgan fingerprint density at radius 1 is 1.12 bits per heavy atom. The fraction of sp³-hybridized carbons (Fsp3) is 0.524. The molecule has 0 unspecified atom stereocenters. The summed E-state index contributed by atoms with van der Waals surface area (Å²) in [7, 11) is 0. The molecule has 3 rings (SSSR count). The second kappa shape index (κ2) is 8.99. The lowest BCUT2D eigenvalue weighted by atomic mass is 10.2. The Kier molecular flexibility index (Phi) is 6.45. The minimum Gasteiger partial charge on any atom is -0.477 e. The van der Waals surface area contributed by atoms with E-state index in [-0.39, 0.29) is 0 Å². The van der Waals surface area contributed by atoms with Crippen LogP contribution in [0, 0.1) is 0 Å². The zero-order chi connectivity index (χ0) is 18.4. The van der Waals surface area contributed by atoms with Crippen LogP contribution in [0.4, 0.5) is 5.95 Å². The van der Waals surface area contributed by atoms with E-state index in [2.05, 4.69) is 30.2 Å². The second-order valence-corrected chi connectivity index (χ2v) is 7.12. The highest BCUT2D eigenvalue weighted by Crippen LogP contribution is 2.26. The molecule has 1 fully saturated rings. The maximum atomic E-state index is 6.03. The van der Waals surface area contributed by atoms with Gasteiger partial charge in [-0.05, 0) is 25.5 Å². The van der Waals surface area contributed by atoms with Gasteiger partial charge in [-0.2, -0.15) is 4.98 Å². The molecule has 5 nitrogen and oxygen atoms in total. The molecule has 5 heteroatoms. The van der Waals surface area contributed by atoms with Crippen molar-refractivity contribution in [2.45, 2.75) is 33.1 Å². The number of unbranched alkanes of at least 4 members (excludes halogenated alkanes) is 2. The molecule has 140 valence electrons. The number of aromatic nitrogens is 2. The SMILES string of the molecule is C=C(C)CN1CCN(c2nc(OCCCCC)c3ccccc3n2)CC1. The van der Waals surface area contributed by atoms with E-state index in [1.165, 1.54) is 18.4 Å². The number of rotatable bonds is 8. The third-order valence-electron chi connectivity index (χ3n) is 4.69. The van der Waals surface area contributed by atoms with Crippen molar-refractivity contribution < 1.29 is 4.74 Å². The van der Waals surface area contributed by atoms with Gasteiger partial charge in [0.25, 0.3) is 0 Å². The van der Waals surface area contributed by atoms with Gasteiger partial charge in [0, 0.05) is 32.7 Å². The third-order valence-corrected chi connectivity index (χ3v) is 4.69. The molecule has 1 aliphatic heterocycles. The highest BCUT2D eigenvalue weighted by molar-refractivity contribution is 5.84. The number of para-hydroxylation sites is 1. The van der Waals surface area contributed by atoms with Crippen molar-refractivity contribution in [2.24, 2.45) is 0 Å². The Balaban J connectivity index is 1.75. The predicted octanol–water partition coefficient (Wildman–Crippen LogP) is 3.90. The summed E-state index contributed by atoms with van der Waals surface area (Å²) < 4.78 is 6.03. The van der Waals surface area contributed by atoms with Crippen molar-refractivity contribution in [1.82, 2.24) is 14.9 Å². The van der Waals surface area contributed by atoms with E-state index >= 15 is 0 Å². The van der Waals surface area contributed by atoms with Crippen LogP contribution in [0.2, 0.25) is 0 Å². The topological polar surface area (TPSA) is 41.5 Å². The van der Waals surface area contributed by atoms with Crippen LogP contribution in [0.1, 0.15) is 33.1 Å². The Labute approximate surface area is 156 Å². The van der Waals surface area contributed by atoms with Crippen molar-refractivity contribution >= 4 is 16.9 Å². The van der Waals surface area contributed by atoms with Crippen molar-refractivity contribution in [2.75, 3.05) is 44.2 Å². The quantitative estimate of drug-likeness (QED) is 0.531. The molecule has 0 saturated carbocycles. The summed E-state index contributed by atoms with van der Waals surface area (Å²) >= 11 is 0. The first kappa shape index (κ1) is 18.6. The summed E-state index contributed by atoms with van der Waals surface area (Å²) in [6.07, 6.45) is 3.43. The molecule has 2 aromatic rings. The number of fused-ring (bicyclic) bond motifs is 1. The summed E-state index contributed by atoms with van der Waals surface area (Å²) in [5, 5.41) is 0.994. The average molecular weight is 354 g/mol. The van der Waals surface area contributed by atoms with E-state index < -0.39 is 0 Å². The number of nitrogens with zero attached hydrogens (tertiary/aromatic N) is 4. The molecule has 0 aliphatic carbocycles. The van der Waals surface area contributed by atoms with Crippen LogP contribution in [-0.2, 0) is 0 Å². The molecule has 0 bridgehead atoms. The van der Waals surface area contributed by atoms with E-state index in [0.29, 0.717) is 12.5 Å². The van der Waals surface area contributed by atoms with E-state index in [0.717, 1.165) is 56.0 Å². The fourth-order valence-electron chi connectivity index (χ4n) is 3.30. The summed E-state index contributed by atoms with van der Waals surface area (Å²) in [5.41, 5.74) is 2.16. The highest BCUT2D eigenvalue weighted by Gasteiger charge is 2.20. The standard InChI is InChI=1S/C21H30N4O/c1-4-5-8-15-26-20-18-9-6-7-10-19(18)22-21(23-20)25-13-11-24(12-14-25)16-17(2)3/h6-7,9-10H,2,4-5,8,11-16H2,1,3H3. The van der Waals surface area contributed by atoms with Gasteiger partial charge in [-0.1, -0.05) is 44.1 Å². The molecule has 1 aromatic heterocycles.